The molecule has 1 unspecified atom stereocenters. The van der Waals surface area contributed by atoms with Crippen LogP contribution in [0.4, 0.5) is 0 Å². The molecule has 1 aliphatic heterocycles. The minimum Gasteiger partial charge on any atom is -0.491 e. The van der Waals surface area contributed by atoms with E-state index in [0.29, 0.717) is 5.92 Å². The van der Waals surface area contributed by atoms with Gasteiger partial charge in [0, 0.05) is 12.3 Å². The summed E-state index contributed by atoms with van der Waals surface area (Å²) in [7, 11) is 0. The van der Waals surface area contributed by atoms with Crippen LogP contribution in [0.15, 0.2) is 16.8 Å². The summed E-state index contributed by atoms with van der Waals surface area (Å²) in [5.41, 5.74) is 0.849. The molecule has 0 spiro atoms. The predicted molar refractivity (Wildman–Crippen MR) is 63.0 cm³/mol. The highest BCUT2D eigenvalue weighted by Gasteiger charge is 2.18. The van der Waals surface area contributed by atoms with Gasteiger partial charge >= 0.3 is 0 Å². The topological polar surface area (TPSA) is 35.3 Å². The van der Waals surface area contributed by atoms with E-state index in [1.54, 1.807) is 6.26 Å². The van der Waals surface area contributed by atoms with Gasteiger partial charge in [-0.3, -0.25) is 0 Å². The highest BCUT2D eigenvalue weighted by atomic mass is 16.5. The highest BCUT2D eigenvalue weighted by Crippen LogP contribution is 2.27. The van der Waals surface area contributed by atoms with Gasteiger partial charge in [-0.25, -0.2) is 4.98 Å². The molecule has 0 saturated carbocycles. The smallest absolute Gasteiger partial charge is 0.197 e. The summed E-state index contributed by atoms with van der Waals surface area (Å²) < 4.78 is 11.0. The summed E-state index contributed by atoms with van der Waals surface area (Å²) in [6.07, 6.45) is 8.14. The van der Waals surface area contributed by atoms with Crippen LogP contribution < -0.4 is 0 Å². The average molecular weight is 221 g/mol. The van der Waals surface area contributed by atoms with E-state index in [2.05, 4.69) is 24.9 Å². The Bertz CT molecular complexity index is 368. The SMILES string of the molecule is CCCC(CC)c1nc(C2=CCCO2)co1. The van der Waals surface area contributed by atoms with E-state index in [4.69, 9.17) is 9.15 Å². The molecule has 1 aromatic heterocycles. The molecule has 0 N–H and O–H groups in total. The molecule has 1 aromatic rings. The third-order valence-corrected chi connectivity index (χ3v) is 2.96. The van der Waals surface area contributed by atoms with Gasteiger partial charge in [0.05, 0.1) is 6.61 Å². The lowest BCUT2D eigenvalue weighted by Gasteiger charge is -2.08. The zero-order valence-corrected chi connectivity index (χ0v) is 10.0. The molecule has 1 atom stereocenters. The number of oxazole rings is 1. The summed E-state index contributed by atoms with van der Waals surface area (Å²) in [5.74, 6) is 2.18. The van der Waals surface area contributed by atoms with Crippen LogP contribution in [0.3, 0.4) is 0 Å². The number of nitrogens with zero attached hydrogens (tertiary/aromatic N) is 1. The minimum absolute atomic E-state index is 0.445. The van der Waals surface area contributed by atoms with Crippen molar-refractivity contribution in [3.05, 3.63) is 23.9 Å². The maximum Gasteiger partial charge on any atom is 0.197 e. The van der Waals surface area contributed by atoms with Gasteiger partial charge in [-0.05, 0) is 18.9 Å². The maximum absolute atomic E-state index is 5.55. The van der Waals surface area contributed by atoms with E-state index < -0.39 is 0 Å². The molecule has 2 rings (SSSR count). The van der Waals surface area contributed by atoms with Crippen molar-refractivity contribution in [1.82, 2.24) is 4.98 Å². The molecule has 0 fully saturated rings. The van der Waals surface area contributed by atoms with Crippen molar-refractivity contribution in [2.24, 2.45) is 0 Å². The number of aromatic nitrogens is 1. The summed E-state index contributed by atoms with van der Waals surface area (Å²) >= 11 is 0. The Hall–Kier alpha value is -1.25. The third kappa shape index (κ3) is 2.29. The van der Waals surface area contributed by atoms with E-state index >= 15 is 0 Å². The second-order valence-electron chi connectivity index (χ2n) is 4.17. The van der Waals surface area contributed by atoms with Crippen molar-refractivity contribution in [3.8, 4) is 0 Å². The Labute approximate surface area is 96.5 Å². The standard InChI is InChI=1S/C13H19NO2/c1-3-6-10(4-2)13-14-11(9-16-13)12-7-5-8-15-12/h7,9-10H,3-6,8H2,1-2H3. The first-order valence-corrected chi connectivity index (χ1v) is 6.13. The normalized spacial score (nSPS) is 17.0. The van der Waals surface area contributed by atoms with E-state index in [1.807, 2.05) is 0 Å². The summed E-state index contributed by atoms with van der Waals surface area (Å²) in [6, 6.07) is 0. The predicted octanol–water partition coefficient (Wildman–Crippen LogP) is 3.73. The van der Waals surface area contributed by atoms with E-state index in [-0.39, 0.29) is 0 Å². The summed E-state index contributed by atoms with van der Waals surface area (Å²) in [6.45, 7) is 5.13. The Morgan fingerprint density at radius 2 is 2.31 bits per heavy atom. The Morgan fingerprint density at radius 3 is 2.94 bits per heavy atom. The number of hydrogen-bond acceptors (Lipinski definition) is 3. The van der Waals surface area contributed by atoms with Crippen LogP contribution >= 0.6 is 0 Å². The molecule has 1 aliphatic rings. The van der Waals surface area contributed by atoms with Crippen LogP contribution in [-0.2, 0) is 4.74 Å². The van der Waals surface area contributed by atoms with Gasteiger partial charge in [-0.1, -0.05) is 20.3 Å². The molecular weight excluding hydrogens is 202 g/mol. The molecule has 2 heterocycles. The number of ether oxygens (including phenoxy) is 1. The molecule has 0 aliphatic carbocycles. The molecule has 3 heteroatoms. The second kappa shape index (κ2) is 5.19. The molecule has 3 nitrogen and oxygen atoms in total. The first kappa shape index (κ1) is 11.2. The fraction of sp³-hybridized carbons (Fsp3) is 0.615. The Morgan fingerprint density at radius 1 is 1.44 bits per heavy atom. The lowest BCUT2D eigenvalue weighted by Crippen LogP contribution is -1.97. The van der Waals surface area contributed by atoms with Gasteiger partial charge < -0.3 is 9.15 Å². The lowest BCUT2D eigenvalue weighted by molar-refractivity contribution is 0.306. The Balaban J connectivity index is 2.11. The van der Waals surface area contributed by atoms with Crippen LogP contribution in [0, 0.1) is 0 Å². The molecule has 0 radical (unpaired) electrons. The van der Waals surface area contributed by atoms with Crippen molar-refractivity contribution in [2.75, 3.05) is 6.61 Å². The van der Waals surface area contributed by atoms with Crippen molar-refractivity contribution < 1.29 is 9.15 Å². The average Bonchev–Trinajstić information content (AvgIpc) is 2.95. The zero-order valence-electron chi connectivity index (χ0n) is 10.0. The molecule has 0 amide bonds. The third-order valence-electron chi connectivity index (χ3n) is 2.96. The fourth-order valence-corrected chi connectivity index (χ4v) is 2.04. The summed E-state index contributed by atoms with van der Waals surface area (Å²) in [5, 5.41) is 0. The van der Waals surface area contributed by atoms with Crippen LogP contribution in [0.5, 0.6) is 0 Å². The monoisotopic (exact) mass is 221 g/mol. The second-order valence-corrected chi connectivity index (χ2v) is 4.17. The Kier molecular flexibility index (Phi) is 3.65. The minimum atomic E-state index is 0.445. The molecule has 0 saturated heterocycles. The van der Waals surface area contributed by atoms with Gasteiger partial charge in [0.2, 0.25) is 0 Å². The van der Waals surface area contributed by atoms with E-state index in [1.165, 1.54) is 0 Å². The highest BCUT2D eigenvalue weighted by molar-refractivity contribution is 5.56. The van der Waals surface area contributed by atoms with Crippen LogP contribution in [0.1, 0.15) is 57.0 Å². The van der Waals surface area contributed by atoms with Gasteiger partial charge in [0.15, 0.2) is 5.89 Å². The van der Waals surface area contributed by atoms with Crippen molar-refractivity contribution in [3.63, 3.8) is 0 Å². The van der Waals surface area contributed by atoms with Gasteiger partial charge in [0.1, 0.15) is 17.7 Å². The van der Waals surface area contributed by atoms with Crippen LogP contribution in [0.2, 0.25) is 0 Å². The van der Waals surface area contributed by atoms with Crippen molar-refractivity contribution in [2.45, 2.75) is 45.4 Å². The maximum atomic E-state index is 5.55. The quantitative estimate of drug-likeness (QED) is 0.760. The molecule has 88 valence electrons. The lowest BCUT2D eigenvalue weighted by atomic mass is 10.0. The molecule has 16 heavy (non-hydrogen) atoms. The number of rotatable bonds is 5. The largest absolute Gasteiger partial charge is 0.491 e. The molecule has 0 bridgehead atoms. The van der Waals surface area contributed by atoms with Crippen LogP contribution in [-0.4, -0.2) is 11.6 Å². The first-order chi connectivity index (χ1) is 7.85. The first-order valence-electron chi connectivity index (χ1n) is 6.13. The van der Waals surface area contributed by atoms with E-state index in [0.717, 1.165) is 49.6 Å². The van der Waals surface area contributed by atoms with Crippen molar-refractivity contribution in [1.29, 1.82) is 0 Å². The fourth-order valence-electron chi connectivity index (χ4n) is 2.04. The summed E-state index contributed by atoms with van der Waals surface area (Å²) in [4.78, 5) is 4.52. The van der Waals surface area contributed by atoms with E-state index in [9.17, 15) is 0 Å². The van der Waals surface area contributed by atoms with Gasteiger partial charge in [-0.2, -0.15) is 0 Å². The number of hydrogen-bond donors (Lipinski definition) is 0. The molecule has 0 aromatic carbocycles. The van der Waals surface area contributed by atoms with Gasteiger partial charge in [0.25, 0.3) is 0 Å². The molecular formula is C13H19NO2. The van der Waals surface area contributed by atoms with Crippen LogP contribution in [0.25, 0.3) is 5.76 Å². The van der Waals surface area contributed by atoms with Gasteiger partial charge in [-0.15, -0.1) is 0 Å². The van der Waals surface area contributed by atoms with Crippen molar-refractivity contribution >= 4 is 5.76 Å². The zero-order chi connectivity index (χ0) is 11.4.